The van der Waals surface area contributed by atoms with Gasteiger partial charge in [-0.2, -0.15) is 0 Å². The molecular formula is C13H9BrFNO3S. The lowest BCUT2D eigenvalue weighted by Crippen LogP contribution is -2.15. The standard InChI is InChI=1S/C13H9BrFNO3S/c1-19-13(18)8-3-2-7(15)6-10(8)16-12(17)11-9(14)4-5-20-11/h2-6H,1H3,(H,16,17). The lowest BCUT2D eigenvalue weighted by Gasteiger charge is -2.09. The molecule has 0 unspecified atom stereocenters. The molecule has 0 atom stereocenters. The number of carbonyl (C=O) groups is 2. The predicted molar refractivity (Wildman–Crippen MR) is 77.7 cm³/mol. The first-order chi connectivity index (χ1) is 9.52. The molecule has 1 N–H and O–H groups in total. The van der Waals surface area contributed by atoms with Gasteiger partial charge >= 0.3 is 5.97 Å². The molecule has 0 aliphatic carbocycles. The topological polar surface area (TPSA) is 55.4 Å². The van der Waals surface area contributed by atoms with Crippen molar-refractivity contribution < 1.29 is 18.7 Å². The lowest BCUT2D eigenvalue weighted by atomic mass is 10.1. The van der Waals surface area contributed by atoms with E-state index in [9.17, 15) is 14.0 Å². The summed E-state index contributed by atoms with van der Waals surface area (Å²) < 4.78 is 18.5. The average Bonchev–Trinajstić information content (AvgIpc) is 2.84. The maximum atomic E-state index is 13.3. The Labute approximate surface area is 126 Å². The Balaban J connectivity index is 2.33. The zero-order chi connectivity index (χ0) is 14.7. The van der Waals surface area contributed by atoms with Gasteiger partial charge in [-0.1, -0.05) is 0 Å². The number of ether oxygens (including phenoxy) is 1. The number of thiophene rings is 1. The van der Waals surface area contributed by atoms with Gasteiger partial charge in [-0.3, -0.25) is 4.79 Å². The molecule has 0 aliphatic heterocycles. The Morgan fingerprint density at radius 2 is 2.10 bits per heavy atom. The van der Waals surface area contributed by atoms with E-state index < -0.39 is 17.7 Å². The van der Waals surface area contributed by atoms with Crippen molar-refractivity contribution in [2.75, 3.05) is 12.4 Å². The molecule has 1 amide bonds. The summed E-state index contributed by atoms with van der Waals surface area (Å²) in [6.07, 6.45) is 0. The highest BCUT2D eigenvalue weighted by molar-refractivity contribution is 9.10. The molecule has 104 valence electrons. The van der Waals surface area contributed by atoms with Crippen molar-refractivity contribution in [3.63, 3.8) is 0 Å². The number of benzene rings is 1. The molecule has 1 aromatic carbocycles. The Morgan fingerprint density at radius 3 is 2.70 bits per heavy atom. The van der Waals surface area contributed by atoms with E-state index in [1.807, 2.05) is 0 Å². The van der Waals surface area contributed by atoms with Crippen LogP contribution in [0.5, 0.6) is 0 Å². The van der Waals surface area contributed by atoms with Gasteiger partial charge in [0.15, 0.2) is 0 Å². The number of nitrogens with one attached hydrogen (secondary N) is 1. The van der Waals surface area contributed by atoms with Crippen molar-refractivity contribution in [3.05, 3.63) is 50.4 Å². The second-order valence-electron chi connectivity index (χ2n) is 3.73. The molecule has 0 aliphatic rings. The smallest absolute Gasteiger partial charge is 0.339 e. The van der Waals surface area contributed by atoms with E-state index in [-0.39, 0.29) is 11.3 Å². The number of rotatable bonds is 3. The third kappa shape index (κ3) is 3.05. The number of esters is 1. The molecule has 0 saturated carbocycles. The molecule has 0 saturated heterocycles. The van der Waals surface area contributed by atoms with Crippen molar-refractivity contribution in [2.45, 2.75) is 0 Å². The zero-order valence-corrected chi connectivity index (χ0v) is 12.7. The van der Waals surface area contributed by atoms with Gasteiger partial charge in [-0.25, -0.2) is 9.18 Å². The summed E-state index contributed by atoms with van der Waals surface area (Å²) in [6, 6.07) is 5.20. The molecule has 0 spiro atoms. The van der Waals surface area contributed by atoms with Gasteiger partial charge in [0.2, 0.25) is 0 Å². The predicted octanol–water partition coefficient (Wildman–Crippen LogP) is 3.69. The number of hydrogen-bond donors (Lipinski definition) is 1. The largest absolute Gasteiger partial charge is 0.465 e. The highest BCUT2D eigenvalue weighted by atomic mass is 79.9. The van der Waals surface area contributed by atoms with Crippen LogP contribution in [0.1, 0.15) is 20.0 Å². The highest BCUT2D eigenvalue weighted by Gasteiger charge is 2.17. The summed E-state index contributed by atoms with van der Waals surface area (Å²) in [6.45, 7) is 0. The molecule has 1 heterocycles. The van der Waals surface area contributed by atoms with Crippen molar-refractivity contribution in [3.8, 4) is 0 Å². The molecule has 20 heavy (non-hydrogen) atoms. The van der Waals surface area contributed by atoms with Crippen molar-refractivity contribution in [1.29, 1.82) is 0 Å². The van der Waals surface area contributed by atoms with E-state index in [0.717, 1.165) is 12.1 Å². The van der Waals surface area contributed by atoms with Crippen LogP contribution in [0.15, 0.2) is 34.1 Å². The number of methoxy groups -OCH3 is 1. The fraction of sp³-hybridized carbons (Fsp3) is 0.0769. The average molecular weight is 358 g/mol. The quantitative estimate of drug-likeness (QED) is 0.852. The Morgan fingerprint density at radius 1 is 1.35 bits per heavy atom. The van der Waals surface area contributed by atoms with Gasteiger partial charge in [0, 0.05) is 4.47 Å². The third-order valence-electron chi connectivity index (χ3n) is 2.46. The highest BCUT2D eigenvalue weighted by Crippen LogP contribution is 2.25. The van der Waals surface area contributed by atoms with Crippen molar-refractivity contribution in [2.24, 2.45) is 0 Å². The van der Waals surface area contributed by atoms with E-state index in [1.165, 1.54) is 24.5 Å². The monoisotopic (exact) mass is 357 g/mol. The SMILES string of the molecule is COC(=O)c1ccc(F)cc1NC(=O)c1sccc1Br. The third-order valence-corrected chi connectivity index (χ3v) is 4.29. The van der Waals surface area contributed by atoms with Gasteiger partial charge in [0.25, 0.3) is 5.91 Å². The number of halogens is 2. The van der Waals surface area contributed by atoms with Crippen LogP contribution in [0.4, 0.5) is 10.1 Å². The van der Waals surface area contributed by atoms with Crippen LogP contribution in [0.2, 0.25) is 0 Å². The lowest BCUT2D eigenvalue weighted by molar-refractivity contribution is 0.0602. The van der Waals surface area contributed by atoms with Gasteiger partial charge in [-0.05, 0) is 45.6 Å². The van der Waals surface area contributed by atoms with E-state index in [4.69, 9.17) is 0 Å². The maximum Gasteiger partial charge on any atom is 0.339 e. The van der Waals surface area contributed by atoms with E-state index in [1.54, 1.807) is 11.4 Å². The van der Waals surface area contributed by atoms with Crippen molar-refractivity contribution in [1.82, 2.24) is 0 Å². The summed E-state index contributed by atoms with van der Waals surface area (Å²) in [5, 5.41) is 4.25. The van der Waals surface area contributed by atoms with Crippen LogP contribution in [0, 0.1) is 5.82 Å². The molecule has 2 aromatic rings. The first-order valence-electron chi connectivity index (χ1n) is 5.45. The van der Waals surface area contributed by atoms with Crippen LogP contribution in [-0.4, -0.2) is 19.0 Å². The Bertz CT molecular complexity index is 671. The van der Waals surface area contributed by atoms with Gasteiger partial charge in [-0.15, -0.1) is 11.3 Å². The van der Waals surface area contributed by atoms with Crippen LogP contribution >= 0.6 is 27.3 Å². The number of carbonyl (C=O) groups excluding carboxylic acids is 2. The van der Waals surface area contributed by atoms with E-state index in [2.05, 4.69) is 26.0 Å². The molecule has 1 aromatic heterocycles. The summed E-state index contributed by atoms with van der Waals surface area (Å²) in [5.41, 5.74) is 0.164. The number of hydrogen-bond acceptors (Lipinski definition) is 4. The maximum absolute atomic E-state index is 13.3. The fourth-order valence-electron chi connectivity index (χ4n) is 1.54. The van der Waals surface area contributed by atoms with Crippen LogP contribution in [-0.2, 0) is 4.74 Å². The van der Waals surface area contributed by atoms with Crippen LogP contribution < -0.4 is 5.32 Å². The molecule has 0 bridgehead atoms. The zero-order valence-electron chi connectivity index (χ0n) is 10.3. The first kappa shape index (κ1) is 14.7. The second-order valence-corrected chi connectivity index (χ2v) is 5.50. The first-order valence-corrected chi connectivity index (χ1v) is 7.12. The molecule has 0 radical (unpaired) electrons. The minimum atomic E-state index is -0.648. The number of anilines is 1. The second kappa shape index (κ2) is 6.15. The summed E-state index contributed by atoms with van der Waals surface area (Å²) in [4.78, 5) is 24.1. The van der Waals surface area contributed by atoms with Crippen molar-refractivity contribution >= 4 is 44.8 Å². The van der Waals surface area contributed by atoms with Gasteiger partial charge in [0.1, 0.15) is 10.7 Å². The summed E-state index contributed by atoms with van der Waals surface area (Å²) in [7, 11) is 1.22. The Hall–Kier alpha value is -1.73. The Kier molecular flexibility index (Phi) is 4.51. The van der Waals surface area contributed by atoms with E-state index >= 15 is 0 Å². The number of amides is 1. The minimum absolute atomic E-state index is 0.0714. The van der Waals surface area contributed by atoms with Gasteiger partial charge in [0.05, 0.1) is 18.4 Å². The van der Waals surface area contributed by atoms with E-state index in [0.29, 0.717) is 9.35 Å². The summed E-state index contributed by atoms with van der Waals surface area (Å²) in [5.74, 6) is -1.63. The minimum Gasteiger partial charge on any atom is -0.465 e. The molecule has 2 rings (SSSR count). The van der Waals surface area contributed by atoms with Gasteiger partial charge < -0.3 is 10.1 Å². The molecule has 7 heteroatoms. The fourth-order valence-corrected chi connectivity index (χ4v) is 2.99. The van der Waals surface area contributed by atoms with Crippen LogP contribution in [0.25, 0.3) is 0 Å². The van der Waals surface area contributed by atoms with Crippen LogP contribution in [0.3, 0.4) is 0 Å². The normalized spacial score (nSPS) is 10.2. The molecule has 0 fully saturated rings. The molecular weight excluding hydrogens is 349 g/mol. The molecule has 4 nitrogen and oxygen atoms in total. The summed E-state index contributed by atoms with van der Waals surface area (Å²) >= 11 is 4.47.